The molecule has 1 aromatic heterocycles. The zero-order valence-corrected chi connectivity index (χ0v) is 17.3. The lowest BCUT2D eigenvalue weighted by Crippen LogP contribution is -2.39. The predicted molar refractivity (Wildman–Crippen MR) is 117 cm³/mol. The van der Waals surface area contributed by atoms with Crippen molar-refractivity contribution in [2.24, 2.45) is 4.99 Å². The van der Waals surface area contributed by atoms with E-state index in [4.69, 9.17) is 14.1 Å². The van der Waals surface area contributed by atoms with Gasteiger partial charge < -0.3 is 19.8 Å². The SMILES string of the molecule is C=C(C)CNC(=NCc1ccccc1CN1CCOCC1)NCCc1ccco1. The molecule has 1 saturated heterocycles. The number of benzene rings is 1. The van der Waals surface area contributed by atoms with E-state index in [1.165, 1.54) is 11.1 Å². The summed E-state index contributed by atoms with van der Waals surface area (Å²) in [6.45, 7) is 12.6. The van der Waals surface area contributed by atoms with Gasteiger partial charge >= 0.3 is 0 Å². The van der Waals surface area contributed by atoms with E-state index in [0.717, 1.165) is 63.1 Å². The molecular formula is C23H32N4O2. The van der Waals surface area contributed by atoms with Crippen LogP contribution >= 0.6 is 0 Å². The van der Waals surface area contributed by atoms with Crippen molar-refractivity contribution in [1.82, 2.24) is 15.5 Å². The Hall–Kier alpha value is -2.57. The number of morpholine rings is 1. The van der Waals surface area contributed by atoms with Crippen LogP contribution in [0.2, 0.25) is 0 Å². The van der Waals surface area contributed by atoms with Crippen LogP contribution < -0.4 is 10.6 Å². The van der Waals surface area contributed by atoms with E-state index < -0.39 is 0 Å². The molecule has 1 aromatic carbocycles. The average molecular weight is 397 g/mol. The molecular weight excluding hydrogens is 364 g/mol. The van der Waals surface area contributed by atoms with Gasteiger partial charge in [0.1, 0.15) is 5.76 Å². The smallest absolute Gasteiger partial charge is 0.191 e. The molecule has 29 heavy (non-hydrogen) atoms. The third-order valence-corrected chi connectivity index (χ3v) is 4.83. The fraction of sp³-hybridized carbons (Fsp3) is 0.435. The third-order valence-electron chi connectivity index (χ3n) is 4.83. The first kappa shape index (κ1) is 21.1. The molecule has 0 atom stereocenters. The molecule has 156 valence electrons. The number of ether oxygens (including phenoxy) is 1. The topological polar surface area (TPSA) is 62.0 Å². The molecule has 2 heterocycles. The van der Waals surface area contributed by atoms with Crippen molar-refractivity contribution < 1.29 is 9.15 Å². The quantitative estimate of drug-likeness (QED) is 0.388. The number of furan rings is 1. The van der Waals surface area contributed by atoms with Crippen LogP contribution in [-0.4, -0.2) is 50.3 Å². The van der Waals surface area contributed by atoms with E-state index in [1.54, 1.807) is 6.26 Å². The van der Waals surface area contributed by atoms with Gasteiger partial charge in [-0.3, -0.25) is 4.90 Å². The molecule has 0 unspecified atom stereocenters. The molecule has 6 nitrogen and oxygen atoms in total. The van der Waals surface area contributed by atoms with Crippen molar-refractivity contribution in [1.29, 1.82) is 0 Å². The summed E-state index contributed by atoms with van der Waals surface area (Å²) in [4.78, 5) is 7.26. The van der Waals surface area contributed by atoms with Gasteiger partial charge in [0.05, 0.1) is 26.0 Å². The summed E-state index contributed by atoms with van der Waals surface area (Å²) in [5.74, 6) is 1.76. The lowest BCUT2D eigenvalue weighted by atomic mass is 10.1. The number of guanidine groups is 1. The first-order valence-electron chi connectivity index (χ1n) is 10.3. The maximum Gasteiger partial charge on any atom is 0.191 e. The Kier molecular flexibility index (Phi) is 8.34. The highest BCUT2D eigenvalue weighted by atomic mass is 16.5. The monoisotopic (exact) mass is 396 g/mol. The van der Waals surface area contributed by atoms with Crippen molar-refractivity contribution >= 4 is 5.96 Å². The van der Waals surface area contributed by atoms with Crippen LogP contribution in [0.4, 0.5) is 0 Å². The second-order valence-electron chi connectivity index (χ2n) is 7.39. The Morgan fingerprint density at radius 1 is 1.10 bits per heavy atom. The lowest BCUT2D eigenvalue weighted by Gasteiger charge is -2.27. The van der Waals surface area contributed by atoms with E-state index in [2.05, 4.69) is 46.4 Å². The molecule has 0 radical (unpaired) electrons. The number of hydrogen-bond donors (Lipinski definition) is 2. The second-order valence-corrected chi connectivity index (χ2v) is 7.39. The normalized spacial score (nSPS) is 15.3. The molecule has 0 spiro atoms. The van der Waals surface area contributed by atoms with Crippen LogP contribution in [0.5, 0.6) is 0 Å². The second kappa shape index (κ2) is 11.4. The van der Waals surface area contributed by atoms with Gasteiger partial charge in [-0.2, -0.15) is 0 Å². The summed E-state index contributed by atoms with van der Waals surface area (Å²) in [5.41, 5.74) is 3.65. The molecule has 0 saturated carbocycles. The van der Waals surface area contributed by atoms with E-state index in [9.17, 15) is 0 Å². The van der Waals surface area contributed by atoms with Gasteiger partial charge in [0.25, 0.3) is 0 Å². The fourth-order valence-corrected chi connectivity index (χ4v) is 3.20. The zero-order chi connectivity index (χ0) is 20.3. The largest absolute Gasteiger partial charge is 0.469 e. The molecule has 1 aliphatic rings. The molecule has 6 heteroatoms. The van der Waals surface area contributed by atoms with Gasteiger partial charge in [-0.1, -0.05) is 36.4 Å². The number of hydrogen-bond acceptors (Lipinski definition) is 4. The molecule has 0 amide bonds. The highest BCUT2D eigenvalue weighted by molar-refractivity contribution is 5.80. The van der Waals surface area contributed by atoms with Crippen molar-refractivity contribution in [3.63, 3.8) is 0 Å². The Labute approximate surface area is 173 Å². The average Bonchev–Trinajstić information content (AvgIpc) is 3.25. The summed E-state index contributed by atoms with van der Waals surface area (Å²) in [7, 11) is 0. The fourth-order valence-electron chi connectivity index (χ4n) is 3.20. The first-order chi connectivity index (χ1) is 14.2. The zero-order valence-electron chi connectivity index (χ0n) is 17.3. The summed E-state index contributed by atoms with van der Waals surface area (Å²) in [6.07, 6.45) is 2.52. The van der Waals surface area contributed by atoms with E-state index in [-0.39, 0.29) is 0 Å². The summed E-state index contributed by atoms with van der Waals surface area (Å²) in [6, 6.07) is 12.4. The highest BCUT2D eigenvalue weighted by Gasteiger charge is 2.12. The van der Waals surface area contributed by atoms with Crippen molar-refractivity contribution in [2.45, 2.75) is 26.4 Å². The lowest BCUT2D eigenvalue weighted by molar-refractivity contribution is 0.0341. The molecule has 2 N–H and O–H groups in total. The van der Waals surface area contributed by atoms with Crippen LogP contribution in [0.1, 0.15) is 23.8 Å². The predicted octanol–water partition coefficient (Wildman–Crippen LogP) is 2.97. The highest BCUT2D eigenvalue weighted by Crippen LogP contribution is 2.14. The summed E-state index contributed by atoms with van der Waals surface area (Å²) in [5, 5.41) is 6.75. The number of rotatable bonds is 9. The number of aliphatic imine (C=N–C) groups is 1. The van der Waals surface area contributed by atoms with Crippen molar-refractivity contribution in [2.75, 3.05) is 39.4 Å². The van der Waals surface area contributed by atoms with Gasteiger partial charge in [-0.25, -0.2) is 4.99 Å². The molecule has 0 aliphatic carbocycles. The molecule has 2 aromatic rings. The van der Waals surface area contributed by atoms with E-state index in [0.29, 0.717) is 13.1 Å². The van der Waals surface area contributed by atoms with Gasteiger partial charge in [-0.15, -0.1) is 0 Å². The third kappa shape index (κ3) is 7.40. The van der Waals surface area contributed by atoms with Crippen molar-refractivity contribution in [3.8, 4) is 0 Å². The molecule has 0 bridgehead atoms. The summed E-state index contributed by atoms with van der Waals surface area (Å²) >= 11 is 0. The van der Waals surface area contributed by atoms with Crippen LogP contribution in [0.15, 0.2) is 64.2 Å². The van der Waals surface area contributed by atoms with Crippen LogP contribution in [-0.2, 0) is 24.2 Å². The van der Waals surface area contributed by atoms with Gasteiger partial charge in [-0.05, 0) is 30.2 Å². The maximum absolute atomic E-state index is 5.46. The molecule has 1 aliphatic heterocycles. The Morgan fingerprint density at radius 3 is 2.62 bits per heavy atom. The Balaban J connectivity index is 1.61. The number of nitrogens with zero attached hydrogens (tertiary/aromatic N) is 2. The van der Waals surface area contributed by atoms with Crippen molar-refractivity contribution in [3.05, 3.63) is 71.7 Å². The van der Waals surface area contributed by atoms with Gasteiger partial charge in [0.2, 0.25) is 0 Å². The van der Waals surface area contributed by atoms with Gasteiger partial charge in [0.15, 0.2) is 5.96 Å². The molecule has 3 rings (SSSR count). The van der Waals surface area contributed by atoms with E-state index in [1.807, 2.05) is 19.1 Å². The Bertz CT molecular complexity index is 780. The minimum atomic E-state index is 0.632. The summed E-state index contributed by atoms with van der Waals surface area (Å²) < 4.78 is 10.9. The minimum Gasteiger partial charge on any atom is -0.469 e. The maximum atomic E-state index is 5.46. The molecule has 1 fully saturated rings. The van der Waals surface area contributed by atoms with Gasteiger partial charge in [0, 0.05) is 39.1 Å². The standard InChI is InChI=1S/C23H32N4O2/c1-19(2)16-25-23(24-10-9-22-8-5-13-29-22)26-17-20-6-3-4-7-21(20)18-27-11-14-28-15-12-27/h3-8,13H,1,9-12,14-18H2,2H3,(H2,24,25,26). The van der Waals surface area contributed by atoms with Crippen LogP contribution in [0.3, 0.4) is 0 Å². The van der Waals surface area contributed by atoms with E-state index >= 15 is 0 Å². The minimum absolute atomic E-state index is 0.632. The van der Waals surface area contributed by atoms with Crippen LogP contribution in [0.25, 0.3) is 0 Å². The first-order valence-corrected chi connectivity index (χ1v) is 10.3. The Morgan fingerprint density at radius 2 is 1.90 bits per heavy atom. The number of nitrogens with one attached hydrogen (secondary N) is 2. The van der Waals surface area contributed by atoms with Crippen LogP contribution in [0, 0.1) is 0 Å².